The first kappa shape index (κ1) is 22.4. The molecule has 0 aliphatic carbocycles. The van der Waals surface area contributed by atoms with Crippen molar-refractivity contribution in [3.63, 3.8) is 0 Å². The van der Waals surface area contributed by atoms with Gasteiger partial charge in [0.05, 0.1) is 30.4 Å². The van der Waals surface area contributed by atoms with E-state index in [1.165, 1.54) is 19.2 Å². The largest absolute Gasteiger partial charge is 0.493 e. The molecule has 29 heavy (non-hydrogen) atoms. The Balaban J connectivity index is 2.56. The molecule has 0 unspecified atom stereocenters. The number of allylic oxidation sites excluding steroid dienone is 1. The van der Waals surface area contributed by atoms with Gasteiger partial charge < -0.3 is 30.6 Å². The van der Waals surface area contributed by atoms with Gasteiger partial charge in [0, 0.05) is 17.3 Å². The Morgan fingerprint density at radius 2 is 1.97 bits per heavy atom. The van der Waals surface area contributed by atoms with Crippen molar-refractivity contribution in [1.29, 1.82) is 0 Å². The average molecular weight is 426 g/mol. The number of nitrogens with one attached hydrogen (secondary N) is 2. The van der Waals surface area contributed by atoms with Gasteiger partial charge in [-0.3, -0.25) is 4.79 Å². The molecule has 3 amide bonds. The molecule has 2 rings (SSSR count). The summed E-state index contributed by atoms with van der Waals surface area (Å²) in [7, 11) is 1.41. The van der Waals surface area contributed by atoms with E-state index in [1.807, 2.05) is 6.92 Å². The smallest absolute Gasteiger partial charge is 0.338 e. The second kappa shape index (κ2) is 10.0. The SMILES string of the molecule is CCCC1=C(C(=O)OCC)[C@H](c2cc(OC)c(OCC(N)=O)cc2Cl)NC(=O)N1. The lowest BCUT2D eigenvalue weighted by Gasteiger charge is -2.30. The molecular formula is C19H24ClN3O6. The van der Waals surface area contributed by atoms with Crippen molar-refractivity contribution in [2.24, 2.45) is 5.73 Å². The third-order valence-corrected chi connectivity index (χ3v) is 4.44. The first-order valence-corrected chi connectivity index (χ1v) is 9.46. The highest BCUT2D eigenvalue weighted by Gasteiger charge is 2.35. The van der Waals surface area contributed by atoms with E-state index in [9.17, 15) is 14.4 Å². The monoisotopic (exact) mass is 425 g/mol. The van der Waals surface area contributed by atoms with Crippen LogP contribution in [0.15, 0.2) is 23.4 Å². The highest BCUT2D eigenvalue weighted by molar-refractivity contribution is 6.31. The number of ether oxygens (including phenoxy) is 3. The molecule has 1 heterocycles. The van der Waals surface area contributed by atoms with E-state index in [1.54, 1.807) is 6.92 Å². The van der Waals surface area contributed by atoms with Crippen LogP contribution in [-0.4, -0.2) is 38.2 Å². The maximum Gasteiger partial charge on any atom is 0.338 e. The lowest BCUT2D eigenvalue weighted by molar-refractivity contribution is -0.139. The van der Waals surface area contributed by atoms with Crippen molar-refractivity contribution in [1.82, 2.24) is 10.6 Å². The fourth-order valence-corrected chi connectivity index (χ4v) is 3.20. The van der Waals surface area contributed by atoms with E-state index in [2.05, 4.69) is 10.6 Å². The average Bonchev–Trinajstić information content (AvgIpc) is 2.66. The summed E-state index contributed by atoms with van der Waals surface area (Å²) in [4.78, 5) is 35.9. The number of carbonyl (C=O) groups is 3. The fourth-order valence-electron chi connectivity index (χ4n) is 2.94. The maximum absolute atomic E-state index is 12.7. The quantitative estimate of drug-likeness (QED) is 0.520. The minimum absolute atomic E-state index is 0.180. The van der Waals surface area contributed by atoms with Crippen LogP contribution in [0, 0.1) is 0 Å². The molecule has 158 valence electrons. The first-order valence-electron chi connectivity index (χ1n) is 9.08. The third-order valence-electron chi connectivity index (χ3n) is 4.11. The van der Waals surface area contributed by atoms with Crippen molar-refractivity contribution in [3.8, 4) is 11.5 Å². The van der Waals surface area contributed by atoms with Crippen LogP contribution in [0.25, 0.3) is 0 Å². The normalized spacial score (nSPS) is 16.0. The number of carbonyl (C=O) groups excluding carboxylic acids is 3. The van der Waals surface area contributed by atoms with Gasteiger partial charge in [0.15, 0.2) is 18.1 Å². The second-order valence-corrected chi connectivity index (χ2v) is 6.58. The second-order valence-electron chi connectivity index (χ2n) is 6.17. The zero-order valence-corrected chi connectivity index (χ0v) is 17.2. The number of primary amides is 1. The summed E-state index contributed by atoms with van der Waals surface area (Å²) in [5, 5.41) is 5.59. The van der Waals surface area contributed by atoms with Crippen LogP contribution in [0.5, 0.6) is 11.5 Å². The molecule has 4 N–H and O–H groups in total. The van der Waals surface area contributed by atoms with Crippen molar-refractivity contribution >= 4 is 29.5 Å². The number of methoxy groups -OCH3 is 1. The maximum atomic E-state index is 12.7. The summed E-state index contributed by atoms with van der Waals surface area (Å²) in [6.07, 6.45) is 1.19. The van der Waals surface area contributed by atoms with E-state index < -0.39 is 23.9 Å². The van der Waals surface area contributed by atoms with Gasteiger partial charge in [-0.2, -0.15) is 0 Å². The van der Waals surface area contributed by atoms with Crippen LogP contribution in [0.4, 0.5) is 4.79 Å². The predicted molar refractivity (Wildman–Crippen MR) is 106 cm³/mol. The Labute approximate surface area is 173 Å². The minimum Gasteiger partial charge on any atom is -0.493 e. The van der Waals surface area contributed by atoms with Crippen LogP contribution in [-0.2, 0) is 14.3 Å². The van der Waals surface area contributed by atoms with Gasteiger partial charge in [-0.1, -0.05) is 24.9 Å². The molecule has 0 radical (unpaired) electrons. The van der Waals surface area contributed by atoms with Gasteiger partial charge >= 0.3 is 12.0 Å². The molecule has 1 aliphatic heterocycles. The molecule has 1 aromatic carbocycles. The summed E-state index contributed by atoms with van der Waals surface area (Å²) in [6.45, 7) is 3.45. The highest BCUT2D eigenvalue weighted by atomic mass is 35.5. The zero-order chi connectivity index (χ0) is 21.6. The van der Waals surface area contributed by atoms with E-state index in [-0.39, 0.29) is 35.3 Å². The minimum atomic E-state index is -0.851. The van der Waals surface area contributed by atoms with Crippen molar-refractivity contribution in [2.45, 2.75) is 32.7 Å². The fraction of sp³-hybridized carbons (Fsp3) is 0.421. The van der Waals surface area contributed by atoms with Crippen LogP contribution >= 0.6 is 11.6 Å². The van der Waals surface area contributed by atoms with Crippen LogP contribution in [0.3, 0.4) is 0 Å². The molecule has 0 spiro atoms. The lowest BCUT2D eigenvalue weighted by Crippen LogP contribution is -2.46. The van der Waals surface area contributed by atoms with Crippen molar-refractivity contribution in [3.05, 3.63) is 34.0 Å². The van der Waals surface area contributed by atoms with Gasteiger partial charge in [-0.05, 0) is 19.4 Å². The Hall–Kier alpha value is -2.94. The lowest BCUT2D eigenvalue weighted by atomic mass is 9.93. The molecule has 10 heteroatoms. The van der Waals surface area contributed by atoms with E-state index in [0.29, 0.717) is 24.1 Å². The standard InChI is InChI=1S/C19H24ClN3O6/c1-4-6-12-16(18(25)28-5-2)17(23-19(26)22-12)10-7-13(27-3)14(8-11(10)20)29-9-15(21)24/h7-8,17H,4-6,9H2,1-3H3,(H2,21,24)(H2,22,23,26)/t17-/m0/s1. The summed E-state index contributed by atoms with van der Waals surface area (Å²) < 4.78 is 15.8. The zero-order valence-electron chi connectivity index (χ0n) is 16.5. The molecule has 0 saturated heterocycles. The highest BCUT2D eigenvalue weighted by Crippen LogP contribution is 2.40. The third kappa shape index (κ3) is 5.32. The predicted octanol–water partition coefficient (Wildman–Crippen LogP) is 2.18. The number of hydrogen-bond acceptors (Lipinski definition) is 6. The Morgan fingerprint density at radius 3 is 2.55 bits per heavy atom. The molecule has 0 bridgehead atoms. The number of hydrogen-bond donors (Lipinski definition) is 3. The Kier molecular flexibility index (Phi) is 7.72. The topological polar surface area (TPSA) is 129 Å². The Bertz CT molecular complexity index is 839. The van der Waals surface area contributed by atoms with Gasteiger partial charge in [-0.25, -0.2) is 9.59 Å². The van der Waals surface area contributed by atoms with E-state index >= 15 is 0 Å². The molecule has 1 atom stereocenters. The summed E-state index contributed by atoms with van der Waals surface area (Å²) in [5.41, 5.74) is 6.27. The molecule has 1 aromatic rings. The molecular weight excluding hydrogens is 402 g/mol. The summed E-state index contributed by atoms with van der Waals surface area (Å²) in [5.74, 6) is -0.749. The molecule has 0 aromatic heterocycles. The number of halogens is 1. The Morgan fingerprint density at radius 1 is 1.24 bits per heavy atom. The van der Waals surface area contributed by atoms with Gasteiger partial charge in [0.25, 0.3) is 5.91 Å². The summed E-state index contributed by atoms with van der Waals surface area (Å²) in [6, 6.07) is 1.67. The van der Waals surface area contributed by atoms with Gasteiger partial charge in [0.2, 0.25) is 0 Å². The van der Waals surface area contributed by atoms with Gasteiger partial charge in [-0.15, -0.1) is 0 Å². The molecule has 1 aliphatic rings. The first-order chi connectivity index (χ1) is 13.8. The molecule has 0 fully saturated rings. The van der Waals surface area contributed by atoms with Gasteiger partial charge in [0.1, 0.15) is 0 Å². The van der Waals surface area contributed by atoms with Crippen molar-refractivity contribution < 1.29 is 28.6 Å². The number of rotatable bonds is 9. The molecule has 0 saturated carbocycles. The molecule has 9 nitrogen and oxygen atoms in total. The number of amides is 3. The van der Waals surface area contributed by atoms with Crippen LogP contribution in [0.1, 0.15) is 38.3 Å². The van der Waals surface area contributed by atoms with Crippen LogP contribution < -0.4 is 25.8 Å². The number of benzene rings is 1. The number of urea groups is 1. The number of esters is 1. The van der Waals surface area contributed by atoms with E-state index in [0.717, 1.165) is 0 Å². The number of nitrogens with two attached hydrogens (primary N) is 1. The van der Waals surface area contributed by atoms with E-state index in [4.69, 9.17) is 31.5 Å². The summed E-state index contributed by atoms with van der Waals surface area (Å²) >= 11 is 6.43. The van der Waals surface area contributed by atoms with Crippen molar-refractivity contribution in [2.75, 3.05) is 20.3 Å². The van der Waals surface area contributed by atoms with Crippen LogP contribution in [0.2, 0.25) is 5.02 Å².